The van der Waals surface area contributed by atoms with Gasteiger partial charge >= 0.3 is 0 Å². The van der Waals surface area contributed by atoms with Crippen LogP contribution in [0.15, 0.2) is 30.3 Å². The topological polar surface area (TPSA) is 88.4 Å². The van der Waals surface area contributed by atoms with Crippen molar-refractivity contribution in [3.05, 3.63) is 35.9 Å². The molecule has 1 fully saturated rings. The van der Waals surface area contributed by atoms with Crippen molar-refractivity contribution in [2.24, 2.45) is 5.92 Å². The van der Waals surface area contributed by atoms with E-state index in [2.05, 4.69) is 0 Å². The average molecular weight is 354 g/mol. The van der Waals surface area contributed by atoms with Crippen molar-refractivity contribution in [1.82, 2.24) is 0 Å². The van der Waals surface area contributed by atoms with E-state index in [1.807, 2.05) is 30.3 Å². The lowest BCUT2D eigenvalue weighted by molar-refractivity contribution is -0.282. The first-order valence-electron chi connectivity index (χ1n) is 8.99. The van der Waals surface area contributed by atoms with Gasteiger partial charge in [0.05, 0.1) is 19.3 Å². The zero-order chi connectivity index (χ0) is 18.1. The van der Waals surface area contributed by atoms with Crippen molar-refractivity contribution >= 4 is 0 Å². The number of ether oxygens (including phenoxy) is 3. The zero-order valence-electron chi connectivity index (χ0n) is 14.8. The Morgan fingerprint density at radius 1 is 1.00 bits per heavy atom. The van der Waals surface area contributed by atoms with Gasteiger partial charge in [0.15, 0.2) is 6.29 Å². The lowest BCUT2D eigenvalue weighted by Gasteiger charge is -2.40. The number of hydrogen-bond donors (Lipinski definition) is 3. The van der Waals surface area contributed by atoms with Crippen LogP contribution in [0.4, 0.5) is 0 Å². The van der Waals surface area contributed by atoms with E-state index in [0.29, 0.717) is 19.8 Å². The molecule has 2 rings (SSSR count). The summed E-state index contributed by atoms with van der Waals surface area (Å²) in [6.45, 7) is 3.28. The third-order valence-electron chi connectivity index (χ3n) is 4.51. The van der Waals surface area contributed by atoms with Gasteiger partial charge in [0, 0.05) is 19.1 Å². The lowest BCUT2D eigenvalue weighted by atomic mass is 9.92. The minimum Gasteiger partial charge on any atom is -0.394 e. The lowest BCUT2D eigenvalue weighted by Crippen LogP contribution is -2.55. The van der Waals surface area contributed by atoms with Gasteiger partial charge in [0.25, 0.3) is 0 Å². The molecule has 0 bridgehead atoms. The van der Waals surface area contributed by atoms with Crippen LogP contribution in [-0.4, -0.2) is 59.7 Å². The van der Waals surface area contributed by atoms with E-state index in [-0.39, 0.29) is 12.5 Å². The van der Waals surface area contributed by atoms with E-state index < -0.39 is 24.6 Å². The summed E-state index contributed by atoms with van der Waals surface area (Å²) < 4.78 is 16.8. The normalized spacial score (nSPS) is 29.7. The first kappa shape index (κ1) is 20.3. The van der Waals surface area contributed by atoms with Gasteiger partial charge in [-0.05, 0) is 24.8 Å². The molecule has 6 heteroatoms. The average Bonchev–Trinajstić information content (AvgIpc) is 2.64. The van der Waals surface area contributed by atoms with E-state index in [9.17, 15) is 15.3 Å². The molecule has 1 heterocycles. The smallest absolute Gasteiger partial charge is 0.163 e. The minimum atomic E-state index is -1.08. The maximum Gasteiger partial charge on any atom is 0.163 e. The summed E-state index contributed by atoms with van der Waals surface area (Å²) in [6.07, 6.45) is -0.650. The number of rotatable bonds is 10. The minimum absolute atomic E-state index is 0.341. The van der Waals surface area contributed by atoms with Gasteiger partial charge in [0.2, 0.25) is 0 Å². The maximum atomic E-state index is 9.97. The van der Waals surface area contributed by atoms with Crippen molar-refractivity contribution in [1.29, 1.82) is 0 Å². The molecule has 0 aromatic heterocycles. The molecule has 6 nitrogen and oxygen atoms in total. The Labute approximate surface area is 149 Å². The van der Waals surface area contributed by atoms with E-state index in [0.717, 1.165) is 19.3 Å². The van der Waals surface area contributed by atoms with Crippen molar-refractivity contribution in [3.63, 3.8) is 0 Å². The van der Waals surface area contributed by atoms with Crippen LogP contribution in [0.5, 0.6) is 0 Å². The molecule has 5 atom stereocenters. The molecule has 0 aliphatic carbocycles. The van der Waals surface area contributed by atoms with E-state index in [4.69, 9.17) is 14.2 Å². The van der Waals surface area contributed by atoms with Crippen molar-refractivity contribution < 1.29 is 29.5 Å². The number of aliphatic hydroxyl groups excluding tert-OH is 3. The molecule has 0 amide bonds. The first-order chi connectivity index (χ1) is 12.1. The fourth-order valence-corrected chi connectivity index (χ4v) is 2.86. The quantitative estimate of drug-likeness (QED) is 0.552. The van der Waals surface area contributed by atoms with Crippen LogP contribution in [0, 0.1) is 5.92 Å². The Morgan fingerprint density at radius 3 is 2.44 bits per heavy atom. The molecule has 0 spiro atoms. The predicted molar refractivity (Wildman–Crippen MR) is 92.8 cm³/mol. The summed E-state index contributed by atoms with van der Waals surface area (Å²) in [5.41, 5.74) is 1.17. The van der Waals surface area contributed by atoms with Crippen LogP contribution in [0.2, 0.25) is 0 Å². The highest BCUT2D eigenvalue weighted by Gasteiger charge is 2.42. The van der Waals surface area contributed by atoms with Crippen LogP contribution < -0.4 is 0 Å². The molecule has 1 aliphatic heterocycles. The first-order valence-corrected chi connectivity index (χ1v) is 8.99. The third kappa shape index (κ3) is 6.33. The zero-order valence-corrected chi connectivity index (χ0v) is 14.8. The summed E-state index contributed by atoms with van der Waals surface area (Å²) >= 11 is 0. The molecule has 25 heavy (non-hydrogen) atoms. The second-order valence-corrected chi connectivity index (χ2v) is 6.54. The van der Waals surface area contributed by atoms with Gasteiger partial charge < -0.3 is 29.5 Å². The van der Waals surface area contributed by atoms with Crippen LogP contribution in [0.25, 0.3) is 0 Å². The van der Waals surface area contributed by atoms with Gasteiger partial charge in [0.1, 0.15) is 12.2 Å². The van der Waals surface area contributed by atoms with Crippen LogP contribution >= 0.6 is 0 Å². The highest BCUT2D eigenvalue weighted by atomic mass is 16.7. The largest absolute Gasteiger partial charge is 0.394 e. The number of hydrogen-bond acceptors (Lipinski definition) is 6. The number of unbranched alkanes of at least 4 members (excludes halogenated alkanes) is 2. The summed E-state index contributed by atoms with van der Waals surface area (Å²) in [4.78, 5) is 0. The molecule has 1 aromatic carbocycles. The van der Waals surface area contributed by atoms with Gasteiger partial charge in [-0.15, -0.1) is 0 Å². The monoisotopic (exact) mass is 354 g/mol. The molecule has 0 saturated carbocycles. The Morgan fingerprint density at radius 2 is 1.72 bits per heavy atom. The SMILES string of the molecule is CC1C(OCCCCCOCc2ccccc2)OC(CO)C(O)C1O. The Bertz CT molecular complexity index is 466. The Balaban J connectivity index is 1.53. The van der Waals surface area contributed by atoms with E-state index in [1.165, 1.54) is 5.56 Å². The van der Waals surface area contributed by atoms with Crippen LogP contribution in [-0.2, 0) is 20.8 Å². The highest BCUT2D eigenvalue weighted by molar-refractivity contribution is 5.13. The van der Waals surface area contributed by atoms with Crippen LogP contribution in [0.3, 0.4) is 0 Å². The molecule has 1 aliphatic rings. The second-order valence-electron chi connectivity index (χ2n) is 6.54. The Hall–Kier alpha value is -1.02. The van der Waals surface area contributed by atoms with E-state index >= 15 is 0 Å². The maximum absolute atomic E-state index is 9.97. The highest BCUT2D eigenvalue weighted by Crippen LogP contribution is 2.26. The van der Waals surface area contributed by atoms with Gasteiger partial charge in [-0.3, -0.25) is 0 Å². The fourth-order valence-electron chi connectivity index (χ4n) is 2.86. The summed E-state index contributed by atoms with van der Waals surface area (Å²) in [5, 5.41) is 29.0. The van der Waals surface area contributed by atoms with E-state index in [1.54, 1.807) is 6.92 Å². The summed E-state index contributed by atoms with van der Waals surface area (Å²) in [7, 11) is 0. The van der Waals surface area contributed by atoms with Gasteiger partial charge in [-0.2, -0.15) is 0 Å². The van der Waals surface area contributed by atoms with Crippen molar-refractivity contribution in [2.75, 3.05) is 19.8 Å². The van der Waals surface area contributed by atoms with Crippen LogP contribution in [0.1, 0.15) is 31.7 Å². The van der Waals surface area contributed by atoms with Crippen molar-refractivity contribution in [3.8, 4) is 0 Å². The number of benzene rings is 1. The van der Waals surface area contributed by atoms with Gasteiger partial charge in [-0.1, -0.05) is 37.3 Å². The molecular formula is C19H30O6. The summed E-state index contributed by atoms with van der Waals surface area (Å²) in [6, 6.07) is 10.1. The molecular weight excluding hydrogens is 324 g/mol. The van der Waals surface area contributed by atoms with Gasteiger partial charge in [-0.25, -0.2) is 0 Å². The standard InChI is InChI=1S/C19H30O6/c1-14-17(21)18(22)16(12-20)25-19(14)24-11-7-3-6-10-23-13-15-8-4-2-5-9-15/h2,4-5,8-9,14,16-22H,3,6-7,10-13H2,1H3. The fraction of sp³-hybridized carbons (Fsp3) is 0.684. The molecule has 142 valence electrons. The second kappa shape index (κ2) is 10.9. The Kier molecular flexibility index (Phi) is 8.81. The molecule has 5 unspecified atom stereocenters. The summed E-state index contributed by atoms with van der Waals surface area (Å²) in [5.74, 6) is -0.341. The molecule has 0 radical (unpaired) electrons. The molecule has 1 saturated heterocycles. The third-order valence-corrected chi connectivity index (χ3v) is 4.51. The molecule has 1 aromatic rings. The predicted octanol–water partition coefficient (Wildman–Crippen LogP) is 1.47. The van der Waals surface area contributed by atoms with Crippen molar-refractivity contribution in [2.45, 2.75) is 57.4 Å². The number of aliphatic hydroxyl groups is 3. The molecule has 3 N–H and O–H groups in total.